The Morgan fingerprint density at radius 1 is 1.14 bits per heavy atom. The fourth-order valence-electron chi connectivity index (χ4n) is 4.71. The monoisotopic (exact) mass is 389 g/mol. The number of nitrogens with zero attached hydrogens (tertiary/aromatic N) is 5. The summed E-state index contributed by atoms with van der Waals surface area (Å²) in [4.78, 5) is 19.6. The van der Waals surface area contributed by atoms with Crippen LogP contribution in [0, 0.1) is 19.8 Å². The van der Waals surface area contributed by atoms with Gasteiger partial charge in [-0.2, -0.15) is 5.10 Å². The van der Waals surface area contributed by atoms with Gasteiger partial charge in [-0.1, -0.05) is 6.92 Å². The molecule has 0 aliphatic carbocycles. The van der Waals surface area contributed by atoms with Gasteiger partial charge in [0.15, 0.2) is 0 Å². The van der Waals surface area contributed by atoms with Crippen molar-refractivity contribution in [3.8, 4) is 0 Å². The van der Waals surface area contributed by atoms with E-state index in [0.717, 1.165) is 70.9 Å². The molecule has 2 saturated heterocycles. The van der Waals surface area contributed by atoms with Crippen LogP contribution in [0.5, 0.6) is 0 Å². The summed E-state index contributed by atoms with van der Waals surface area (Å²) in [5.74, 6) is 1.08. The van der Waals surface area contributed by atoms with Gasteiger partial charge in [0.2, 0.25) is 5.91 Å². The quantitative estimate of drug-likeness (QED) is 0.719. The van der Waals surface area contributed by atoms with Crippen molar-refractivity contribution in [3.05, 3.63) is 17.5 Å². The number of hydrogen-bond acceptors (Lipinski definition) is 4. The molecule has 1 atom stereocenters. The van der Waals surface area contributed by atoms with Crippen molar-refractivity contribution in [1.29, 1.82) is 0 Å². The lowest BCUT2D eigenvalue weighted by atomic mass is 9.91. The topological polar surface area (TPSA) is 44.6 Å². The number of aryl methyl sites for hydroxylation is 2. The number of likely N-dealkylation sites (tertiary alicyclic amines) is 1. The smallest absolute Gasteiger partial charge is 0.222 e. The summed E-state index contributed by atoms with van der Waals surface area (Å²) in [5.41, 5.74) is 2.35. The number of piperidine rings is 1. The van der Waals surface area contributed by atoms with Crippen molar-refractivity contribution in [2.45, 2.75) is 66.0 Å². The van der Waals surface area contributed by atoms with E-state index in [1.165, 1.54) is 18.5 Å². The minimum Gasteiger partial charge on any atom is -0.340 e. The predicted molar refractivity (Wildman–Crippen MR) is 113 cm³/mol. The van der Waals surface area contributed by atoms with Crippen LogP contribution in [-0.4, -0.2) is 82.2 Å². The van der Waals surface area contributed by atoms with E-state index in [0.29, 0.717) is 17.9 Å². The Labute approximate surface area is 170 Å². The van der Waals surface area contributed by atoms with E-state index in [1.54, 1.807) is 0 Å². The van der Waals surface area contributed by atoms with E-state index < -0.39 is 0 Å². The number of aromatic nitrogens is 2. The molecular weight excluding hydrogens is 350 g/mol. The molecule has 2 aliphatic heterocycles. The predicted octanol–water partition coefficient (Wildman–Crippen LogP) is 2.54. The number of hydrogen-bond donors (Lipinski definition) is 0. The lowest BCUT2D eigenvalue weighted by Crippen LogP contribution is -2.48. The standard InChI is InChI=1S/C22H39N5O/c1-5-24-12-14-26(15-13-24)22(28)7-6-21-8-10-25(11-9-21)20(4)17-27-19(3)16-18(2)23-27/h16,20-21H,5-15,17H2,1-4H3/t20-/m0/s1. The molecule has 0 radical (unpaired) electrons. The molecular formula is C22H39N5O. The molecule has 0 spiro atoms. The zero-order valence-corrected chi connectivity index (χ0v) is 18.4. The summed E-state index contributed by atoms with van der Waals surface area (Å²) in [5, 5.41) is 4.61. The highest BCUT2D eigenvalue weighted by Crippen LogP contribution is 2.24. The summed E-state index contributed by atoms with van der Waals surface area (Å²) in [7, 11) is 0. The van der Waals surface area contributed by atoms with Crippen molar-refractivity contribution in [2.24, 2.45) is 5.92 Å². The lowest BCUT2D eigenvalue weighted by molar-refractivity contribution is -0.133. The van der Waals surface area contributed by atoms with Gasteiger partial charge in [-0.15, -0.1) is 0 Å². The zero-order chi connectivity index (χ0) is 20.1. The lowest BCUT2D eigenvalue weighted by Gasteiger charge is -2.37. The molecule has 0 bridgehead atoms. The van der Waals surface area contributed by atoms with Gasteiger partial charge in [-0.3, -0.25) is 14.4 Å². The maximum absolute atomic E-state index is 12.5. The molecule has 158 valence electrons. The molecule has 2 aliphatic rings. The van der Waals surface area contributed by atoms with Crippen LogP contribution >= 0.6 is 0 Å². The molecule has 1 amide bonds. The van der Waals surface area contributed by atoms with Crippen LogP contribution in [0.25, 0.3) is 0 Å². The number of rotatable bonds is 7. The van der Waals surface area contributed by atoms with E-state index in [4.69, 9.17) is 0 Å². The Balaban J connectivity index is 1.36. The van der Waals surface area contributed by atoms with Gasteiger partial charge in [-0.05, 0) is 71.7 Å². The first-order chi connectivity index (χ1) is 13.5. The second-order valence-electron chi connectivity index (χ2n) is 8.79. The Hall–Kier alpha value is -1.40. The second-order valence-corrected chi connectivity index (χ2v) is 8.79. The maximum Gasteiger partial charge on any atom is 0.222 e. The van der Waals surface area contributed by atoms with E-state index in [-0.39, 0.29) is 0 Å². The Morgan fingerprint density at radius 2 is 1.82 bits per heavy atom. The number of carbonyl (C=O) groups excluding carboxylic acids is 1. The minimum absolute atomic E-state index is 0.371. The van der Waals surface area contributed by atoms with Crippen LogP contribution in [0.1, 0.15) is 50.9 Å². The van der Waals surface area contributed by atoms with Crippen LogP contribution in [0.4, 0.5) is 0 Å². The van der Waals surface area contributed by atoms with Gasteiger partial charge < -0.3 is 9.80 Å². The molecule has 3 rings (SSSR count). The number of piperazine rings is 1. The molecule has 0 unspecified atom stereocenters. The van der Waals surface area contributed by atoms with E-state index in [2.05, 4.69) is 58.2 Å². The fourth-order valence-corrected chi connectivity index (χ4v) is 4.71. The third-order valence-electron chi connectivity index (χ3n) is 6.75. The first-order valence-corrected chi connectivity index (χ1v) is 11.2. The van der Waals surface area contributed by atoms with E-state index >= 15 is 0 Å². The number of amides is 1. The molecule has 6 nitrogen and oxygen atoms in total. The summed E-state index contributed by atoms with van der Waals surface area (Å²) in [6.07, 6.45) is 4.24. The highest BCUT2D eigenvalue weighted by atomic mass is 16.2. The van der Waals surface area contributed by atoms with Gasteiger partial charge in [0.05, 0.1) is 12.2 Å². The molecule has 1 aromatic rings. The molecule has 3 heterocycles. The summed E-state index contributed by atoms with van der Waals surface area (Å²) < 4.78 is 2.14. The van der Waals surface area contributed by atoms with Crippen molar-refractivity contribution in [3.63, 3.8) is 0 Å². The SMILES string of the molecule is CCN1CCN(C(=O)CCC2CCN([C@@H](C)Cn3nc(C)cc3C)CC2)CC1. The number of likely N-dealkylation sites (N-methyl/N-ethyl adjacent to an activating group) is 1. The Bertz CT molecular complexity index is 627. The highest BCUT2D eigenvalue weighted by Gasteiger charge is 2.25. The minimum atomic E-state index is 0.371. The summed E-state index contributed by atoms with van der Waals surface area (Å²) >= 11 is 0. The van der Waals surface area contributed by atoms with Crippen LogP contribution in [0.2, 0.25) is 0 Å². The molecule has 28 heavy (non-hydrogen) atoms. The third-order valence-corrected chi connectivity index (χ3v) is 6.75. The van der Waals surface area contributed by atoms with Gasteiger partial charge in [0.1, 0.15) is 0 Å². The third kappa shape index (κ3) is 5.57. The Kier molecular flexibility index (Phi) is 7.52. The largest absolute Gasteiger partial charge is 0.340 e. The van der Waals surface area contributed by atoms with Gasteiger partial charge in [-0.25, -0.2) is 0 Å². The maximum atomic E-state index is 12.5. The van der Waals surface area contributed by atoms with Crippen LogP contribution in [0.15, 0.2) is 6.07 Å². The zero-order valence-electron chi connectivity index (χ0n) is 18.4. The van der Waals surface area contributed by atoms with Crippen molar-refractivity contribution >= 4 is 5.91 Å². The molecule has 6 heteroatoms. The van der Waals surface area contributed by atoms with Crippen LogP contribution < -0.4 is 0 Å². The molecule has 0 N–H and O–H groups in total. The average Bonchev–Trinajstić information content (AvgIpc) is 3.03. The van der Waals surface area contributed by atoms with E-state index in [1.807, 2.05) is 0 Å². The average molecular weight is 390 g/mol. The first-order valence-electron chi connectivity index (χ1n) is 11.2. The van der Waals surface area contributed by atoms with Crippen LogP contribution in [-0.2, 0) is 11.3 Å². The van der Waals surface area contributed by atoms with E-state index in [9.17, 15) is 4.79 Å². The van der Waals surface area contributed by atoms with Gasteiger partial charge in [0, 0.05) is 44.3 Å². The fraction of sp³-hybridized carbons (Fsp3) is 0.818. The van der Waals surface area contributed by atoms with Gasteiger partial charge >= 0.3 is 0 Å². The normalized spacial score (nSPS) is 21.2. The molecule has 2 fully saturated rings. The second kappa shape index (κ2) is 9.88. The van der Waals surface area contributed by atoms with Crippen LogP contribution in [0.3, 0.4) is 0 Å². The van der Waals surface area contributed by atoms with Crippen molar-refractivity contribution < 1.29 is 4.79 Å². The first kappa shape index (κ1) is 21.3. The van der Waals surface area contributed by atoms with Crippen molar-refractivity contribution in [1.82, 2.24) is 24.5 Å². The molecule has 0 aromatic carbocycles. The highest BCUT2D eigenvalue weighted by molar-refractivity contribution is 5.76. The Morgan fingerprint density at radius 3 is 2.39 bits per heavy atom. The molecule has 0 saturated carbocycles. The number of carbonyl (C=O) groups is 1. The van der Waals surface area contributed by atoms with Crippen molar-refractivity contribution in [2.75, 3.05) is 45.8 Å². The summed E-state index contributed by atoms with van der Waals surface area (Å²) in [6.45, 7) is 17.0. The summed E-state index contributed by atoms with van der Waals surface area (Å²) in [6, 6.07) is 2.66. The molecule has 1 aromatic heterocycles. The van der Waals surface area contributed by atoms with Gasteiger partial charge in [0.25, 0.3) is 0 Å².